The number of benzene rings is 1. The van der Waals surface area contributed by atoms with E-state index in [-0.39, 0.29) is 11.7 Å². The third-order valence-corrected chi connectivity index (χ3v) is 4.02. The van der Waals surface area contributed by atoms with Crippen LogP contribution in [0.4, 0.5) is 4.39 Å². The largest absolute Gasteiger partial charge is 0.351 e. The molecular formula is C16H24FN3O. The number of amides is 1. The summed E-state index contributed by atoms with van der Waals surface area (Å²) in [5.41, 5.74) is 1.53. The van der Waals surface area contributed by atoms with Gasteiger partial charge in [0.1, 0.15) is 5.82 Å². The van der Waals surface area contributed by atoms with Crippen LogP contribution in [0.5, 0.6) is 0 Å². The maximum absolute atomic E-state index is 13.2. The van der Waals surface area contributed by atoms with Crippen molar-refractivity contribution in [1.29, 1.82) is 0 Å². The van der Waals surface area contributed by atoms with Gasteiger partial charge in [0.05, 0.1) is 6.54 Å². The van der Waals surface area contributed by atoms with Crippen LogP contribution in [0.15, 0.2) is 18.2 Å². The Balaban J connectivity index is 1.81. The molecule has 0 radical (unpaired) electrons. The average molecular weight is 293 g/mol. The number of hydrogen-bond acceptors (Lipinski definition) is 3. The molecule has 1 aromatic rings. The monoisotopic (exact) mass is 293 g/mol. The Bertz CT molecular complexity index is 486. The van der Waals surface area contributed by atoms with E-state index >= 15 is 0 Å². The number of hydrogen-bond donors (Lipinski definition) is 2. The molecule has 1 heterocycles. The van der Waals surface area contributed by atoms with Gasteiger partial charge in [-0.05, 0) is 43.6 Å². The van der Waals surface area contributed by atoms with Crippen molar-refractivity contribution in [3.63, 3.8) is 0 Å². The summed E-state index contributed by atoms with van der Waals surface area (Å²) in [4.78, 5) is 14.2. The lowest BCUT2D eigenvalue weighted by atomic mass is 10.1. The molecule has 1 unspecified atom stereocenters. The first kappa shape index (κ1) is 15.9. The van der Waals surface area contributed by atoms with Crippen LogP contribution >= 0.6 is 0 Å². The van der Waals surface area contributed by atoms with E-state index in [0.29, 0.717) is 24.7 Å². The van der Waals surface area contributed by atoms with Gasteiger partial charge in [-0.3, -0.25) is 9.69 Å². The highest BCUT2D eigenvalue weighted by Gasteiger charge is 2.22. The third kappa shape index (κ3) is 4.51. The Morgan fingerprint density at radius 3 is 2.95 bits per heavy atom. The second kappa shape index (κ2) is 7.52. The van der Waals surface area contributed by atoms with Crippen molar-refractivity contribution in [3.8, 4) is 0 Å². The van der Waals surface area contributed by atoms with Crippen molar-refractivity contribution >= 4 is 5.91 Å². The highest BCUT2D eigenvalue weighted by atomic mass is 19.1. The van der Waals surface area contributed by atoms with Crippen LogP contribution in [0.1, 0.15) is 24.5 Å². The molecule has 4 nitrogen and oxygen atoms in total. The fourth-order valence-corrected chi connectivity index (χ4v) is 2.71. The van der Waals surface area contributed by atoms with Gasteiger partial charge < -0.3 is 10.6 Å². The Labute approximate surface area is 125 Å². The van der Waals surface area contributed by atoms with Crippen LogP contribution in [0.3, 0.4) is 0 Å². The molecule has 1 amide bonds. The summed E-state index contributed by atoms with van der Waals surface area (Å²) in [5, 5.41) is 6.23. The zero-order valence-electron chi connectivity index (χ0n) is 12.8. The molecule has 1 aromatic carbocycles. The maximum Gasteiger partial charge on any atom is 0.234 e. The number of halogens is 1. The van der Waals surface area contributed by atoms with Gasteiger partial charge in [-0.15, -0.1) is 0 Å². The van der Waals surface area contributed by atoms with Gasteiger partial charge >= 0.3 is 0 Å². The van der Waals surface area contributed by atoms with Crippen LogP contribution < -0.4 is 10.6 Å². The highest BCUT2D eigenvalue weighted by molar-refractivity contribution is 5.78. The zero-order chi connectivity index (χ0) is 15.2. The number of aryl methyl sites for hydroxylation is 1. The molecule has 0 spiro atoms. The Morgan fingerprint density at radius 2 is 2.33 bits per heavy atom. The molecule has 1 fully saturated rings. The lowest BCUT2D eigenvalue weighted by molar-refractivity contribution is -0.122. The highest BCUT2D eigenvalue weighted by Crippen LogP contribution is 2.10. The minimum absolute atomic E-state index is 0.0192. The average Bonchev–Trinajstić information content (AvgIpc) is 3.00. The van der Waals surface area contributed by atoms with E-state index in [1.54, 1.807) is 19.1 Å². The van der Waals surface area contributed by atoms with Crippen molar-refractivity contribution in [1.82, 2.24) is 15.5 Å². The minimum Gasteiger partial charge on any atom is -0.351 e. The smallest absolute Gasteiger partial charge is 0.234 e. The van der Waals surface area contributed by atoms with Crippen LogP contribution in [-0.2, 0) is 11.3 Å². The third-order valence-electron chi connectivity index (χ3n) is 4.02. The van der Waals surface area contributed by atoms with Gasteiger partial charge in [0, 0.05) is 19.1 Å². The number of carbonyl (C=O) groups is 1. The van der Waals surface area contributed by atoms with E-state index in [9.17, 15) is 9.18 Å². The number of nitrogens with zero attached hydrogens (tertiary/aromatic N) is 1. The zero-order valence-corrected chi connectivity index (χ0v) is 12.8. The molecule has 116 valence electrons. The molecule has 1 aliphatic heterocycles. The van der Waals surface area contributed by atoms with E-state index < -0.39 is 0 Å². The molecule has 0 saturated carbocycles. The molecular weight excluding hydrogens is 269 g/mol. The molecule has 2 N–H and O–H groups in total. The quantitative estimate of drug-likeness (QED) is 0.834. The first-order valence-corrected chi connectivity index (χ1v) is 7.56. The summed E-state index contributed by atoms with van der Waals surface area (Å²) in [6.07, 6.45) is 1.10. The summed E-state index contributed by atoms with van der Waals surface area (Å²) >= 11 is 0. The molecule has 0 aliphatic carbocycles. The van der Waals surface area contributed by atoms with Crippen LogP contribution in [0.2, 0.25) is 0 Å². The van der Waals surface area contributed by atoms with Crippen molar-refractivity contribution in [3.05, 3.63) is 35.1 Å². The van der Waals surface area contributed by atoms with Gasteiger partial charge in [0.25, 0.3) is 0 Å². The normalized spacial score (nSPS) is 18.2. The molecule has 5 heteroatoms. The van der Waals surface area contributed by atoms with Crippen molar-refractivity contribution in [2.45, 2.75) is 32.9 Å². The van der Waals surface area contributed by atoms with Crippen molar-refractivity contribution in [2.75, 3.05) is 26.2 Å². The minimum atomic E-state index is -0.212. The van der Waals surface area contributed by atoms with E-state index in [1.807, 2.05) is 0 Å². The van der Waals surface area contributed by atoms with Gasteiger partial charge in [-0.25, -0.2) is 4.39 Å². The van der Waals surface area contributed by atoms with Gasteiger partial charge in [0.15, 0.2) is 0 Å². The van der Waals surface area contributed by atoms with Crippen molar-refractivity contribution < 1.29 is 9.18 Å². The predicted molar refractivity (Wildman–Crippen MR) is 81.5 cm³/mol. The lowest BCUT2D eigenvalue weighted by Crippen LogP contribution is -2.43. The Morgan fingerprint density at radius 1 is 1.52 bits per heavy atom. The molecule has 0 bridgehead atoms. The SMILES string of the molecule is CCN(CC(=O)NCc1ccc(F)c(C)c1)C1CCNC1. The van der Waals surface area contributed by atoms with E-state index in [4.69, 9.17) is 0 Å². The number of rotatable bonds is 6. The summed E-state index contributed by atoms with van der Waals surface area (Å²) in [7, 11) is 0. The first-order valence-electron chi connectivity index (χ1n) is 7.56. The second-order valence-electron chi connectivity index (χ2n) is 5.57. The number of carbonyl (C=O) groups excluding carboxylic acids is 1. The Hall–Kier alpha value is -1.46. The predicted octanol–water partition coefficient (Wildman–Crippen LogP) is 1.43. The number of likely N-dealkylation sites (N-methyl/N-ethyl adjacent to an activating group) is 1. The summed E-state index contributed by atoms with van der Waals surface area (Å²) in [5.74, 6) is -0.193. The van der Waals surface area contributed by atoms with Gasteiger partial charge in [-0.2, -0.15) is 0 Å². The van der Waals surface area contributed by atoms with Crippen molar-refractivity contribution in [2.24, 2.45) is 0 Å². The van der Waals surface area contributed by atoms with Crippen LogP contribution in [0, 0.1) is 12.7 Å². The molecule has 0 aromatic heterocycles. The molecule has 2 rings (SSSR count). The summed E-state index contributed by atoms with van der Waals surface area (Å²) in [6, 6.07) is 5.38. The Kier molecular flexibility index (Phi) is 5.70. The fourth-order valence-electron chi connectivity index (χ4n) is 2.71. The molecule has 1 atom stereocenters. The molecule has 1 saturated heterocycles. The lowest BCUT2D eigenvalue weighted by Gasteiger charge is -2.26. The molecule has 21 heavy (non-hydrogen) atoms. The van der Waals surface area contributed by atoms with Gasteiger partial charge in [0.2, 0.25) is 5.91 Å². The van der Waals surface area contributed by atoms with Gasteiger partial charge in [-0.1, -0.05) is 19.1 Å². The maximum atomic E-state index is 13.2. The first-order chi connectivity index (χ1) is 10.1. The van der Waals surface area contributed by atoms with E-state index in [0.717, 1.165) is 31.6 Å². The molecule has 1 aliphatic rings. The summed E-state index contributed by atoms with van der Waals surface area (Å²) in [6.45, 7) is 7.52. The van der Waals surface area contributed by atoms with Crippen LogP contribution in [0.25, 0.3) is 0 Å². The van der Waals surface area contributed by atoms with E-state index in [1.165, 1.54) is 6.07 Å². The second-order valence-corrected chi connectivity index (χ2v) is 5.57. The topological polar surface area (TPSA) is 44.4 Å². The number of nitrogens with one attached hydrogen (secondary N) is 2. The van der Waals surface area contributed by atoms with E-state index in [2.05, 4.69) is 22.5 Å². The fraction of sp³-hybridized carbons (Fsp3) is 0.562. The van der Waals surface area contributed by atoms with Crippen LogP contribution in [-0.4, -0.2) is 43.0 Å². The summed E-state index contributed by atoms with van der Waals surface area (Å²) < 4.78 is 13.2. The standard InChI is InChI=1S/C16H24FN3O/c1-3-20(14-6-7-18-10-14)11-16(21)19-9-13-4-5-15(17)12(2)8-13/h4-5,8,14,18H,3,6-7,9-11H2,1-2H3,(H,19,21).